The van der Waals surface area contributed by atoms with Crippen molar-refractivity contribution in [3.63, 3.8) is 0 Å². The van der Waals surface area contributed by atoms with E-state index in [1.54, 1.807) is 27.7 Å². The molecule has 0 saturated heterocycles. The van der Waals surface area contributed by atoms with E-state index in [4.69, 9.17) is 12.2 Å². The molecular weight excluding hydrogens is 302 g/mol. The van der Waals surface area contributed by atoms with Crippen molar-refractivity contribution in [3.8, 4) is 0 Å². The van der Waals surface area contributed by atoms with E-state index in [0.29, 0.717) is 24.0 Å². The van der Waals surface area contributed by atoms with Gasteiger partial charge in [-0.1, -0.05) is 12.1 Å². The van der Waals surface area contributed by atoms with Crippen molar-refractivity contribution < 1.29 is 4.92 Å². The van der Waals surface area contributed by atoms with Crippen molar-refractivity contribution in [2.24, 2.45) is 7.05 Å². The minimum Gasteiger partial charge on any atom is -0.310 e. The van der Waals surface area contributed by atoms with Gasteiger partial charge >= 0.3 is 0 Å². The van der Waals surface area contributed by atoms with Crippen LogP contribution < -0.4 is 0 Å². The molecule has 2 rings (SSSR count). The van der Waals surface area contributed by atoms with E-state index in [1.807, 2.05) is 7.05 Å². The van der Waals surface area contributed by atoms with Gasteiger partial charge in [0, 0.05) is 31.8 Å². The van der Waals surface area contributed by atoms with E-state index in [2.05, 4.69) is 23.8 Å². The number of rotatable bonds is 6. The molecule has 0 atom stereocenters. The smallest absolute Gasteiger partial charge is 0.269 e. The highest BCUT2D eigenvalue weighted by Gasteiger charge is 2.13. The second kappa shape index (κ2) is 6.80. The standard InChI is InChI=1S/C14H19N5O2S/c1-11(2)17(10-18-14(22)16(3)9-15-18)8-12-4-6-13(7-5-12)19(20)21/h4-7,9,11H,8,10H2,1-3H3. The quantitative estimate of drug-likeness (QED) is 0.465. The van der Waals surface area contributed by atoms with Crippen LogP contribution in [0.3, 0.4) is 0 Å². The van der Waals surface area contributed by atoms with Gasteiger partial charge < -0.3 is 4.57 Å². The van der Waals surface area contributed by atoms with Crippen LogP contribution in [-0.4, -0.2) is 30.2 Å². The first-order valence-corrected chi connectivity index (χ1v) is 7.35. The molecule has 0 radical (unpaired) electrons. The first-order valence-electron chi connectivity index (χ1n) is 6.94. The van der Waals surface area contributed by atoms with E-state index in [0.717, 1.165) is 5.56 Å². The van der Waals surface area contributed by atoms with Crippen molar-refractivity contribution >= 4 is 17.9 Å². The number of nitrogens with zero attached hydrogens (tertiary/aromatic N) is 5. The number of non-ortho nitro benzene ring substituents is 1. The van der Waals surface area contributed by atoms with Crippen molar-refractivity contribution in [1.82, 2.24) is 19.2 Å². The van der Waals surface area contributed by atoms with Gasteiger partial charge in [-0.2, -0.15) is 5.10 Å². The van der Waals surface area contributed by atoms with Crippen LogP contribution >= 0.6 is 12.2 Å². The van der Waals surface area contributed by atoms with Gasteiger partial charge in [0.15, 0.2) is 4.77 Å². The Balaban J connectivity index is 2.13. The van der Waals surface area contributed by atoms with Crippen LogP contribution in [0.2, 0.25) is 0 Å². The summed E-state index contributed by atoms with van der Waals surface area (Å²) >= 11 is 5.30. The lowest BCUT2D eigenvalue weighted by Crippen LogP contribution is -2.33. The molecular formula is C14H19N5O2S. The maximum atomic E-state index is 10.7. The molecule has 0 aliphatic heterocycles. The van der Waals surface area contributed by atoms with Gasteiger partial charge in [-0.05, 0) is 31.6 Å². The van der Waals surface area contributed by atoms with Gasteiger partial charge in [-0.15, -0.1) is 0 Å². The number of aromatic nitrogens is 3. The highest BCUT2D eigenvalue weighted by Crippen LogP contribution is 2.15. The highest BCUT2D eigenvalue weighted by atomic mass is 32.1. The maximum Gasteiger partial charge on any atom is 0.269 e. The summed E-state index contributed by atoms with van der Waals surface area (Å²) in [5, 5.41) is 15.0. The van der Waals surface area contributed by atoms with Gasteiger partial charge in [-0.3, -0.25) is 15.0 Å². The van der Waals surface area contributed by atoms with E-state index < -0.39 is 4.92 Å². The molecule has 8 heteroatoms. The zero-order chi connectivity index (χ0) is 16.3. The molecule has 0 saturated carbocycles. The number of nitro groups is 1. The Morgan fingerprint density at radius 1 is 1.36 bits per heavy atom. The second-order valence-corrected chi connectivity index (χ2v) is 5.79. The van der Waals surface area contributed by atoms with E-state index in [9.17, 15) is 10.1 Å². The molecule has 2 aromatic rings. The molecule has 7 nitrogen and oxygen atoms in total. The third-order valence-electron chi connectivity index (χ3n) is 3.47. The second-order valence-electron chi connectivity index (χ2n) is 5.43. The predicted molar refractivity (Wildman–Crippen MR) is 85.8 cm³/mol. The number of hydrogen-bond acceptors (Lipinski definition) is 5. The molecule has 0 unspecified atom stereocenters. The summed E-state index contributed by atoms with van der Waals surface area (Å²) in [4.78, 5) is 12.5. The predicted octanol–water partition coefficient (Wildman–Crippen LogP) is 2.73. The Kier molecular flexibility index (Phi) is 5.04. The first-order chi connectivity index (χ1) is 10.4. The Hall–Kier alpha value is -2.06. The van der Waals surface area contributed by atoms with Crippen LogP contribution in [0.1, 0.15) is 19.4 Å². The Morgan fingerprint density at radius 3 is 2.45 bits per heavy atom. The molecule has 0 fully saturated rings. The monoisotopic (exact) mass is 321 g/mol. The molecule has 0 aliphatic rings. The fourth-order valence-corrected chi connectivity index (χ4v) is 2.20. The number of benzene rings is 1. The number of nitro benzene ring substituents is 1. The number of hydrogen-bond donors (Lipinski definition) is 0. The van der Waals surface area contributed by atoms with Gasteiger partial charge in [0.05, 0.1) is 11.6 Å². The molecule has 1 aromatic heterocycles. The Labute approximate surface area is 133 Å². The summed E-state index contributed by atoms with van der Waals surface area (Å²) in [6.45, 7) is 5.44. The fraction of sp³-hybridized carbons (Fsp3) is 0.429. The fourth-order valence-electron chi connectivity index (χ4n) is 2.04. The number of aryl methyl sites for hydroxylation is 1. The average Bonchev–Trinajstić information content (AvgIpc) is 2.79. The van der Waals surface area contributed by atoms with E-state index >= 15 is 0 Å². The maximum absolute atomic E-state index is 10.7. The van der Waals surface area contributed by atoms with E-state index in [1.165, 1.54) is 12.1 Å². The third-order valence-corrected chi connectivity index (χ3v) is 3.96. The summed E-state index contributed by atoms with van der Waals surface area (Å²) in [5.41, 5.74) is 1.12. The molecule has 22 heavy (non-hydrogen) atoms. The molecule has 118 valence electrons. The lowest BCUT2D eigenvalue weighted by Gasteiger charge is -2.26. The molecule has 0 bridgehead atoms. The normalized spacial score (nSPS) is 11.3. The van der Waals surface area contributed by atoms with Gasteiger partial charge in [0.1, 0.15) is 6.33 Å². The molecule has 0 amide bonds. The molecule has 1 aromatic carbocycles. The minimum absolute atomic E-state index is 0.104. The van der Waals surface area contributed by atoms with Crippen LogP contribution in [0.25, 0.3) is 0 Å². The average molecular weight is 321 g/mol. The molecule has 0 aliphatic carbocycles. The van der Waals surface area contributed by atoms with Gasteiger partial charge in [-0.25, -0.2) is 4.68 Å². The zero-order valence-corrected chi connectivity index (χ0v) is 13.7. The van der Waals surface area contributed by atoms with Crippen LogP contribution in [0.4, 0.5) is 5.69 Å². The summed E-state index contributed by atoms with van der Waals surface area (Å²) in [6, 6.07) is 6.91. The van der Waals surface area contributed by atoms with Crippen molar-refractivity contribution in [1.29, 1.82) is 0 Å². The molecule has 0 N–H and O–H groups in total. The Bertz CT molecular complexity index is 705. The van der Waals surface area contributed by atoms with Crippen LogP contribution in [-0.2, 0) is 20.3 Å². The summed E-state index contributed by atoms with van der Waals surface area (Å²) in [6.07, 6.45) is 1.69. The van der Waals surface area contributed by atoms with Crippen LogP contribution in [0.15, 0.2) is 30.6 Å². The molecule has 0 spiro atoms. The SMILES string of the molecule is CC(C)N(Cc1ccc([N+](=O)[O-])cc1)Cn1ncn(C)c1=S. The van der Waals surface area contributed by atoms with E-state index in [-0.39, 0.29) is 5.69 Å². The lowest BCUT2D eigenvalue weighted by molar-refractivity contribution is -0.384. The largest absolute Gasteiger partial charge is 0.310 e. The summed E-state index contributed by atoms with van der Waals surface area (Å²) < 4.78 is 4.22. The first kappa shape index (κ1) is 16.3. The highest BCUT2D eigenvalue weighted by molar-refractivity contribution is 7.71. The third kappa shape index (κ3) is 3.77. The minimum atomic E-state index is -0.392. The van der Waals surface area contributed by atoms with Crippen molar-refractivity contribution in [3.05, 3.63) is 51.0 Å². The van der Waals surface area contributed by atoms with Crippen LogP contribution in [0, 0.1) is 14.9 Å². The van der Waals surface area contributed by atoms with Crippen molar-refractivity contribution in [2.75, 3.05) is 0 Å². The summed E-state index contributed by atoms with van der Waals surface area (Å²) in [5.74, 6) is 0. The van der Waals surface area contributed by atoms with Crippen LogP contribution in [0.5, 0.6) is 0 Å². The molecule has 1 heterocycles. The van der Waals surface area contributed by atoms with Crippen molar-refractivity contribution in [2.45, 2.75) is 33.1 Å². The topological polar surface area (TPSA) is 69.1 Å². The Morgan fingerprint density at radius 2 is 2.00 bits per heavy atom. The zero-order valence-electron chi connectivity index (χ0n) is 12.8. The van der Waals surface area contributed by atoms with Gasteiger partial charge in [0.2, 0.25) is 0 Å². The van der Waals surface area contributed by atoms with Gasteiger partial charge in [0.25, 0.3) is 5.69 Å². The lowest BCUT2D eigenvalue weighted by atomic mass is 10.2. The summed E-state index contributed by atoms with van der Waals surface area (Å²) in [7, 11) is 1.86.